The molecular weight excluding hydrogens is 328 g/mol. The Balaban J connectivity index is 1.58. The maximum atomic E-state index is 5.75. The van der Waals surface area contributed by atoms with E-state index < -0.39 is 0 Å². The van der Waals surface area contributed by atoms with Gasteiger partial charge < -0.3 is 4.42 Å². The standard InChI is InChI=1S/C13H11ClN4OS2/c1-8-16-10(7-20-8)4-12-17-18-13(19-12)21-6-9-2-3-11(14)15-5-9/h2-3,5,7H,4,6H2,1H3. The summed E-state index contributed by atoms with van der Waals surface area (Å²) in [5.41, 5.74) is 2.01. The number of thioether (sulfide) groups is 1. The Bertz CT molecular complexity index is 726. The van der Waals surface area contributed by atoms with E-state index >= 15 is 0 Å². The summed E-state index contributed by atoms with van der Waals surface area (Å²) < 4.78 is 5.60. The lowest BCUT2D eigenvalue weighted by atomic mass is 10.3. The second-order valence-corrected chi connectivity index (χ2v) is 6.65. The molecule has 5 nitrogen and oxygen atoms in total. The van der Waals surface area contributed by atoms with Crippen molar-refractivity contribution in [3.63, 3.8) is 0 Å². The average molecular weight is 339 g/mol. The third-order valence-electron chi connectivity index (χ3n) is 2.60. The molecule has 0 atom stereocenters. The van der Waals surface area contributed by atoms with E-state index in [1.165, 1.54) is 11.8 Å². The van der Waals surface area contributed by atoms with Crippen molar-refractivity contribution in [2.24, 2.45) is 0 Å². The third-order valence-corrected chi connectivity index (χ3v) is 4.53. The average Bonchev–Trinajstić information content (AvgIpc) is 3.08. The van der Waals surface area contributed by atoms with E-state index in [4.69, 9.17) is 16.0 Å². The van der Waals surface area contributed by atoms with Gasteiger partial charge in [0.2, 0.25) is 5.89 Å². The molecule has 0 aliphatic rings. The fourth-order valence-electron chi connectivity index (χ4n) is 1.65. The minimum absolute atomic E-state index is 0.488. The minimum atomic E-state index is 0.488. The molecular formula is C13H11ClN4OS2. The van der Waals surface area contributed by atoms with Gasteiger partial charge in [0.05, 0.1) is 17.1 Å². The topological polar surface area (TPSA) is 64.7 Å². The van der Waals surface area contributed by atoms with Crippen LogP contribution in [0, 0.1) is 6.92 Å². The smallest absolute Gasteiger partial charge is 0.276 e. The summed E-state index contributed by atoms with van der Waals surface area (Å²) in [6.07, 6.45) is 2.31. The molecule has 3 rings (SSSR count). The van der Waals surface area contributed by atoms with Gasteiger partial charge in [0.25, 0.3) is 5.22 Å². The summed E-state index contributed by atoms with van der Waals surface area (Å²) in [6.45, 7) is 1.98. The molecule has 0 spiro atoms. The van der Waals surface area contributed by atoms with Gasteiger partial charge in [-0.3, -0.25) is 0 Å². The lowest BCUT2D eigenvalue weighted by Crippen LogP contribution is -1.88. The molecule has 0 N–H and O–H groups in total. The number of hydrogen-bond donors (Lipinski definition) is 0. The summed E-state index contributed by atoms with van der Waals surface area (Å²) in [7, 11) is 0. The zero-order valence-electron chi connectivity index (χ0n) is 11.1. The predicted octanol–water partition coefficient (Wildman–Crippen LogP) is 3.77. The van der Waals surface area contributed by atoms with Gasteiger partial charge in [0.15, 0.2) is 0 Å². The van der Waals surface area contributed by atoms with E-state index in [0.717, 1.165) is 16.3 Å². The van der Waals surface area contributed by atoms with E-state index in [1.807, 2.05) is 18.4 Å². The Morgan fingerprint density at radius 3 is 2.95 bits per heavy atom. The lowest BCUT2D eigenvalue weighted by molar-refractivity contribution is 0.419. The van der Waals surface area contributed by atoms with Crippen molar-refractivity contribution in [1.82, 2.24) is 20.2 Å². The highest BCUT2D eigenvalue weighted by molar-refractivity contribution is 7.98. The van der Waals surface area contributed by atoms with Crippen LogP contribution in [0.25, 0.3) is 0 Å². The molecule has 0 aliphatic heterocycles. The molecule has 0 saturated heterocycles. The van der Waals surface area contributed by atoms with Crippen molar-refractivity contribution >= 4 is 34.7 Å². The van der Waals surface area contributed by atoms with E-state index in [2.05, 4.69) is 20.2 Å². The van der Waals surface area contributed by atoms with Crippen LogP contribution in [-0.2, 0) is 12.2 Å². The fourth-order valence-corrected chi connectivity index (χ4v) is 3.09. The first kappa shape index (κ1) is 14.5. The maximum absolute atomic E-state index is 5.75. The third kappa shape index (κ3) is 4.03. The zero-order valence-corrected chi connectivity index (χ0v) is 13.5. The molecule has 108 valence electrons. The van der Waals surface area contributed by atoms with Gasteiger partial charge in [0, 0.05) is 17.3 Å². The molecule has 0 saturated carbocycles. The van der Waals surface area contributed by atoms with Crippen molar-refractivity contribution in [2.45, 2.75) is 24.3 Å². The van der Waals surface area contributed by atoms with Gasteiger partial charge in [-0.05, 0) is 18.6 Å². The predicted molar refractivity (Wildman–Crippen MR) is 82.8 cm³/mol. The second-order valence-electron chi connectivity index (χ2n) is 4.27. The van der Waals surface area contributed by atoms with Crippen molar-refractivity contribution in [2.75, 3.05) is 0 Å². The van der Waals surface area contributed by atoms with Crippen LogP contribution in [0.4, 0.5) is 0 Å². The largest absolute Gasteiger partial charge is 0.416 e. The SMILES string of the molecule is Cc1nc(Cc2nnc(SCc3ccc(Cl)nc3)o2)cs1. The Kier molecular flexibility index (Phi) is 4.52. The molecule has 8 heteroatoms. The monoisotopic (exact) mass is 338 g/mol. The Morgan fingerprint density at radius 2 is 2.24 bits per heavy atom. The molecule has 3 heterocycles. The molecule has 0 amide bonds. The number of rotatable bonds is 5. The molecule has 3 aromatic rings. The van der Waals surface area contributed by atoms with Crippen LogP contribution in [0.15, 0.2) is 33.3 Å². The van der Waals surface area contributed by atoms with Crippen molar-refractivity contribution < 1.29 is 4.42 Å². The lowest BCUT2D eigenvalue weighted by Gasteiger charge is -1.97. The Hall–Kier alpha value is -1.44. The van der Waals surface area contributed by atoms with E-state index in [1.54, 1.807) is 23.6 Å². The van der Waals surface area contributed by atoms with Crippen LogP contribution in [0.3, 0.4) is 0 Å². The van der Waals surface area contributed by atoms with Gasteiger partial charge >= 0.3 is 0 Å². The highest BCUT2D eigenvalue weighted by Crippen LogP contribution is 2.22. The van der Waals surface area contributed by atoms with Crippen molar-refractivity contribution in [3.05, 3.63) is 51.0 Å². The molecule has 0 radical (unpaired) electrons. The zero-order chi connectivity index (χ0) is 14.7. The van der Waals surface area contributed by atoms with Crippen LogP contribution < -0.4 is 0 Å². The molecule has 0 fully saturated rings. The number of aryl methyl sites for hydroxylation is 1. The first-order valence-corrected chi connectivity index (χ1v) is 8.40. The number of nitrogens with zero attached hydrogens (tertiary/aromatic N) is 4. The minimum Gasteiger partial charge on any atom is -0.416 e. The summed E-state index contributed by atoms with van der Waals surface area (Å²) in [6, 6.07) is 3.69. The van der Waals surface area contributed by atoms with Crippen LogP contribution in [-0.4, -0.2) is 20.2 Å². The van der Waals surface area contributed by atoms with Crippen LogP contribution >= 0.6 is 34.7 Å². The van der Waals surface area contributed by atoms with E-state index in [0.29, 0.717) is 28.4 Å². The number of hydrogen-bond acceptors (Lipinski definition) is 7. The summed E-state index contributed by atoms with van der Waals surface area (Å²) in [5, 5.41) is 12.1. The highest BCUT2D eigenvalue weighted by atomic mass is 35.5. The van der Waals surface area contributed by atoms with Crippen LogP contribution in [0.1, 0.15) is 22.2 Å². The number of aromatic nitrogens is 4. The molecule has 0 bridgehead atoms. The molecule has 0 aromatic carbocycles. The molecule has 21 heavy (non-hydrogen) atoms. The fraction of sp³-hybridized carbons (Fsp3) is 0.231. The maximum Gasteiger partial charge on any atom is 0.276 e. The number of pyridine rings is 1. The first-order chi connectivity index (χ1) is 10.2. The quantitative estimate of drug-likeness (QED) is 0.521. The molecule has 3 aromatic heterocycles. The molecule has 0 aliphatic carbocycles. The van der Waals surface area contributed by atoms with Gasteiger partial charge in [-0.25, -0.2) is 9.97 Å². The normalized spacial score (nSPS) is 11.0. The summed E-state index contributed by atoms with van der Waals surface area (Å²) in [4.78, 5) is 8.41. The summed E-state index contributed by atoms with van der Waals surface area (Å²) >= 11 is 8.84. The Labute approximate surface area is 134 Å². The number of halogens is 1. The number of thiazole rings is 1. The van der Waals surface area contributed by atoms with Crippen LogP contribution in [0.5, 0.6) is 0 Å². The highest BCUT2D eigenvalue weighted by Gasteiger charge is 2.09. The Morgan fingerprint density at radius 1 is 1.33 bits per heavy atom. The van der Waals surface area contributed by atoms with Crippen LogP contribution in [0.2, 0.25) is 5.15 Å². The molecule has 0 unspecified atom stereocenters. The van der Waals surface area contributed by atoms with Gasteiger partial charge in [-0.1, -0.05) is 29.4 Å². The van der Waals surface area contributed by atoms with Gasteiger partial charge in [0.1, 0.15) is 5.15 Å². The van der Waals surface area contributed by atoms with Gasteiger partial charge in [-0.15, -0.1) is 21.5 Å². The summed E-state index contributed by atoms with van der Waals surface area (Å²) in [5.74, 6) is 1.29. The van der Waals surface area contributed by atoms with Crippen molar-refractivity contribution in [3.8, 4) is 0 Å². The first-order valence-electron chi connectivity index (χ1n) is 6.15. The van der Waals surface area contributed by atoms with Crippen molar-refractivity contribution in [1.29, 1.82) is 0 Å². The van der Waals surface area contributed by atoms with E-state index in [9.17, 15) is 0 Å². The second kappa shape index (κ2) is 6.55. The van der Waals surface area contributed by atoms with E-state index in [-0.39, 0.29) is 0 Å². The van der Waals surface area contributed by atoms with Gasteiger partial charge in [-0.2, -0.15) is 0 Å².